The molecule has 1 aliphatic carbocycles. The highest BCUT2D eigenvalue weighted by atomic mass is 16.3. The van der Waals surface area contributed by atoms with Gasteiger partial charge in [0.05, 0.1) is 18.4 Å². The van der Waals surface area contributed by atoms with Crippen LogP contribution in [0.1, 0.15) is 31.8 Å². The number of fused-ring (bicyclic) bond motifs is 5. The van der Waals surface area contributed by atoms with Crippen LogP contribution in [0.15, 0.2) is 41.0 Å². The summed E-state index contributed by atoms with van der Waals surface area (Å²) in [4.78, 5) is 25.0. The van der Waals surface area contributed by atoms with Crippen LogP contribution in [0.4, 0.5) is 0 Å². The number of hydrogen-bond donors (Lipinski definition) is 1. The summed E-state index contributed by atoms with van der Waals surface area (Å²) in [5.41, 5.74) is 2.58. The first-order valence-electron chi connectivity index (χ1n) is 6.96. The molecular formula is C18H12O4. The van der Waals surface area contributed by atoms with Gasteiger partial charge in [-0.15, -0.1) is 0 Å². The minimum Gasteiger partial charge on any atom is -0.463 e. The molecule has 4 rings (SSSR count). The Balaban J connectivity index is 2.15. The number of carbonyl (C=O) groups is 2. The van der Waals surface area contributed by atoms with Crippen LogP contribution in [-0.4, -0.2) is 16.7 Å². The van der Waals surface area contributed by atoms with Gasteiger partial charge in [0.25, 0.3) is 0 Å². The van der Waals surface area contributed by atoms with Crippen LogP contribution in [0, 0.1) is 6.92 Å². The molecule has 2 aromatic carbocycles. The molecule has 0 unspecified atom stereocenters. The fourth-order valence-corrected chi connectivity index (χ4v) is 3.13. The van der Waals surface area contributed by atoms with Crippen LogP contribution < -0.4 is 0 Å². The van der Waals surface area contributed by atoms with Crippen LogP contribution in [-0.2, 0) is 6.61 Å². The summed E-state index contributed by atoms with van der Waals surface area (Å²) >= 11 is 0. The van der Waals surface area contributed by atoms with E-state index in [1.54, 1.807) is 6.07 Å². The van der Waals surface area contributed by atoms with Crippen molar-refractivity contribution in [1.29, 1.82) is 0 Å². The van der Waals surface area contributed by atoms with Gasteiger partial charge in [0.1, 0.15) is 5.76 Å². The van der Waals surface area contributed by atoms with Gasteiger partial charge in [0.15, 0.2) is 0 Å². The number of benzene rings is 2. The molecule has 0 atom stereocenters. The van der Waals surface area contributed by atoms with E-state index in [1.807, 2.05) is 31.2 Å². The van der Waals surface area contributed by atoms with E-state index < -0.39 is 11.6 Å². The topological polar surface area (TPSA) is 67.5 Å². The largest absolute Gasteiger partial charge is 0.463 e. The first kappa shape index (κ1) is 13.0. The fraction of sp³-hybridized carbons (Fsp3) is 0.111. The van der Waals surface area contributed by atoms with Crippen molar-refractivity contribution < 1.29 is 19.1 Å². The van der Waals surface area contributed by atoms with Gasteiger partial charge in [-0.1, -0.05) is 24.3 Å². The molecule has 1 aliphatic rings. The van der Waals surface area contributed by atoms with Crippen molar-refractivity contribution in [3.05, 3.63) is 58.8 Å². The molecule has 4 heteroatoms. The summed E-state index contributed by atoms with van der Waals surface area (Å²) in [6.07, 6.45) is 1.34. The van der Waals surface area contributed by atoms with Crippen molar-refractivity contribution in [2.75, 3.05) is 0 Å². The van der Waals surface area contributed by atoms with E-state index in [1.165, 1.54) is 6.26 Å². The molecule has 108 valence electrons. The normalized spacial score (nSPS) is 13.4. The SMILES string of the molecule is Cc1cccc2c3c(ccc12)-c1occ(CO)c1C(=O)C3=O. The number of aliphatic hydroxyl groups excluding tert-OH is 1. The summed E-state index contributed by atoms with van der Waals surface area (Å²) in [6.45, 7) is 1.63. The van der Waals surface area contributed by atoms with Gasteiger partial charge in [-0.2, -0.15) is 0 Å². The van der Waals surface area contributed by atoms with Crippen molar-refractivity contribution in [2.24, 2.45) is 0 Å². The van der Waals surface area contributed by atoms with Gasteiger partial charge < -0.3 is 9.52 Å². The molecule has 1 N–H and O–H groups in total. The number of aryl methyl sites for hydroxylation is 1. The van der Waals surface area contributed by atoms with Crippen LogP contribution >= 0.6 is 0 Å². The van der Waals surface area contributed by atoms with Crippen molar-refractivity contribution in [3.8, 4) is 11.3 Å². The minimum atomic E-state index is -0.616. The zero-order valence-electron chi connectivity index (χ0n) is 11.8. The van der Waals surface area contributed by atoms with E-state index in [0.717, 1.165) is 16.3 Å². The third kappa shape index (κ3) is 1.50. The Morgan fingerprint density at radius 1 is 1.00 bits per heavy atom. The second-order valence-electron chi connectivity index (χ2n) is 5.44. The maximum absolute atomic E-state index is 12.6. The minimum absolute atomic E-state index is 0.187. The van der Waals surface area contributed by atoms with E-state index in [9.17, 15) is 14.7 Å². The highest BCUT2D eigenvalue weighted by Gasteiger charge is 2.36. The summed E-state index contributed by atoms with van der Waals surface area (Å²) in [7, 11) is 0. The van der Waals surface area contributed by atoms with E-state index >= 15 is 0 Å². The average Bonchev–Trinajstić information content (AvgIpc) is 2.96. The van der Waals surface area contributed by atoms with Gasteiger partial charge in [-0.25, -0.2) is 0 Å². The second kappa shape index (κ2) is 4.39. The lowest BCUT2D eigenvalue weighted by atomic mass is 9.83. The average molecular weight is 292 g/mol. The Morgan fingerprint density at radius 2 is 1.77 bits per heavy atom. The predicted octanol–water partition coefficient (Wildman–Crippen LogP) is 3.28. The lowest BCUT2D eigenvalue weighted by Crippen LogP contribution is -2.21. The Bertz CT molecular complexity index is 963. The zero-order valence-corrected chi connectivity index (χ0v) is 11.8. The molecule has 0 radical (unpaired) electrons. The third-order valence-electron chi connectivity index (χ3n) is 4.22. The van der Waals surface area contributed by atoms with E-state index in [4.69, 9.17) is 4.42 Å². The highest BCUT2D eigenvalue weighted by Crippen LogP contribution is 2.40. The first-order chi connectivity index (χ1) is 10.6. The van der Waals surface area contributed by atoms with Crippen molar-refractivity contribution >= 4 is 22.3 Å². The standard InChI is InChI=1S/C18H12O4/c1-9-3-2-4-12-11(9)5-6-13-15(12)17(21)16(20)14-10(7-19)8-22-18(13)14/h2-6,8,19H,7H2,1H3. The van der Waals surface area contributed by atoms with E-state index in [-0.39, 0.29) is 12.2 Å². The van der Waals surface area contributed by atoms with E-state index in [2.05, 4.69) is 0 Å². The second-order valence-corrected chi connectivity index (χ2v) is 5.44. The number of hydrogen-bond acceptors (Lipinski definition) is 4. The maximum atomic E-state index is 12.6. The summed E-state index contributed by atoms with van der Waals surface area (Å²) < 4.78 is 5.47. The fourth-order valence-electron chi connectivity index (χ4n) is 3.13. The molecule has 0 aliphatic heterocycles. The molecule has 4 nitrogen and oxygen atoms in total. The van der Waals surface area contributed by atoms with Crippen LogP contribution in [0.5, 0.6) is 0 Å². The van der Waals surface area contributed by atoms with Crippen molar-refractivity contribution in [2.45, 2.75) is 13.5 Å². The first-order valence-corrected chi connectivity index (χ1v) is 6.96. The number of ketones is 2. The Labute approximate surface area is 126 Å². The number of rotatable bonds is 1. The Morgan fingerprint density at radius 3 is 2.55 bits per heavy atom. The third-order valence-corrected chi connectivity index (χ3v) is 4.22. The highest BCUT2D eigenvalue weighted by molar-refractivity contribution is 6.54. The molecule has 0 saturated carbocycles. The zero-order chi connectivity index (χ0) is 15.4. The summed E-state index contributed by atoms with van der Waals surface area (Å²) in [6, 6.07) is 9.40. The lowest BCUT2D eigenvalue weighted by molar-refractivity contribution is 0.0814. The molecule has 1 aromatic heterocycles. The smallest absolute Gasteiger partial charge is 0.237 e. The lowest BCUT2D eigenvalue weighted by Gasteiger charge is -2.17. The van der Waals surface area contributed by atoms with Crippen molar-refractivity contribution in [1.82, 2.24) is 0 Å². The van der Waals surface area contributed by atoms with Gasteiger partial charge >= 0.3 is 0 Å². The van der Waals surface area contributed by atoms with E-state index in [0.29, 0.717) is 22.5 Å². The van der Waals surface area contributed by atoms with Crippen LogP contribution in [0.3, 0.4) is 0 Å². The van der Waals surface area contributed by atoms with Gasteiger partial charge in [-0.05, 0) is 29.3 Å². The molecule has 0 saturated heterocycles. The maximum Gasteiger partial charge on any atom is 0.237 e. The quantitative estimate of drug-likeness (QED) is 0.699. The predicted molar refractivity (Wildman–Crippen MR) is 81.0 cm³/mol. The molecule has 1 heterocycles. The summed E-state index contributed by atoms with van der Waals surface area (Å²) in [5.74, 6) is -0.795. The monoisotopic (exact) mass is 292 g/mol. The molecule has 0 fully saturated rings. The van der Waals surface area contributed by atoms with Crippen LogP contribution in [0.2, 0.25) is 0 Å². The number of Topliss-reactive ketones (excluding diaryl/α,β-unsaturated/α-hetero) is 2. The molecule has 22 heavy (non-hydrogen) atoms. The van der Waals surface area contributed by atoms with Crippen molar-refractivity contribution in [3.63, 3.8) is 0 Å². The molecule has 0 amide bonds. The molecule has 0 bridgehead atoms. The summed E-state index contributed by atoms with van der Waals surface area (Å²) in [5, 5.41) is 11.0. The molecule has 0 spiro atoms. The van der Waals surface area contributed by atoms with Gasteiger partial charge in [-0.3, -0.25) is 9.59 Å². The number of aliphatic hydroxyl groups is 1. The number of furan rings is 1. The molecule has 3 aromatic rings. The Kier molecular flexibility index (Phi) is 2.59. The van der Waals surface area contributed by atoms with Gasteiger partial charge in [0.2, 0.25) is 11.6 Å². The van der Waals surface area contributed by atoms with Crippen LogP contribution in [0.25, 0.3) is 22.1 Å². The molecular weight excluding hydrogens is 280 g/mol. The van der Waals surface area contributed by atoms with Gasteiger partial charge in [0, 0.05) is 16.7 Å². The number of carbonyl (C=O) groups excluding carboxylic acids is 2. The Hall–Kier alpha value is -2.72.